The smallest absolute Gasteiger partial charge is 0.407 e. The fourth-order valence-electron chi connectivity index (χ4n) is 1.73. The van der Waals surface area contributed by atoms with Crippen molar-refractivity contribution in [2.45, 2.75) is 25.0 Å². The van der Waals surface area contributed by atoms with E-state index >= 15 is 0 Å². The molecule has 2 aliphatic rings. The first-order valence-corrected chi connectivity index (χ1v) is 5.11. The number of alkyl carbamates (subject to hydrolysis) is 1. The average molecular weight is 200 g/mol. The quantitative estimate of drug-likeness (QED) is 0.666. The molecule has 2 unspecified atom stereocenters. The highest BCUT2D eigenvalue weighted by Crippen LogP contribution is 2.08. The fourth-order valence-corrected chi connectivity index (χ4v) is 1.73. The maximum absolute atomic E-state index is 10.7. The maximum Gasteiger partial charge on any atom is 0.407 e. The first-order chi connectivity index (χ1) is 6.84. The fraction of sp³-hybridized carbons (Fsp3) is 0.889. The van der Waals surface area contributed by atoms with Gasteiger partial charge in [0, 0.05) is 6.54 Å². The van der Waals surface area contributed by atoms with Gasteiger partial charge in [-0.25, -0.2) is 4.79 Å². The Bertz CT molecular complexity index is 204. The molecule has 5 nitrogen and oxygen atoms in total. The third-order valence-electron chi connectivity index (χ3n) is 2.52. The van der Waals surface area contributed by atoms with Gasteiger partial charge in [-0.15, -0.1) is 0 Å². The second-order valence-corrected chi connectivity index (χ2v) is 3.71. The molecule has 5 heteroatoms. The van der Waals surface area contributed by atoms with Crippen molar-refractivity contribution in [2.75, 3.05) is 26.2 Å². The Morgan fingerprint density at radius 2 is 2.43 bits per heavy atom. The van der Waals surface area contributed by atoms with Crippen molar-refractivity contribution in [3.63, 3.8) is 0 Å². The molecule has 14 heavy (non-hydrogen) atoms. The van der Waals surface area contributed by atoms with E-state index in [0.29, 0.717) is 13.2 Å². The van der Waals surface area contributed by atoms with E-state index in [1.165, 1.54) is 0 Å². The number of carbonyl (C=O) groups excluding carboxylic acids is 1. The van der Waals surface area contributed by atoms with E-state index in [9.17, 15) is 4.79 Å². The summed E-state index contributed by atoms with van der Waals surface area (Å²) in [4.78, 5) is 10.7. The van der Waals surface area contributed by atoms with Crippen LogP contribution in [0.1, 0.15) is 12.8 Å². The van der Waals surface area contributed by atoms with Crippen molar-refractivity contribution in [3.05, 3.63) is 0 Å². The molecule has 0 spiro atoms. The predicted molar refractivity (Wildman–Crippen MR) is 50.1 cm³/mol. The lowest BCUT2D eigenvalue weighted by Gasteiger charge is -2.23. The van der Waals surface area contributed by atoms with Crippen LogP contribution >= 0.6 is 0 Å². The van der Waals surface area contributed by atoms with Crippen LogP contribution in [0, 0.1) is 0 Å². The average Bonchev–Trinajstić information content (AvgIpc) is 2.63. The van der Waals surface area contributed by atoms with Crippen molar-refractivity contribution in [1.82, 2.24) is 10.6 Å². The van der Waals surface area contributed by atoms with Gasteiger partial charge in [-0.1, -0.05) is 0 Å². The SMILES string of the molecule is O=C1NCC(COC2CCCNC2)O1. The van der Waals surface area contributed by atoms with Crippen LogP contribution in [0.2, 0.25) is 0 Å². The van der Waals surface area contributed by atoms with Gasteiger partial charge in [-0.3, -0.25) is 0 Å². The summed E-state index contributed by atoms with van der Waals surface area (Å²) < 4.78 is 10.6. The first kappa shape index (κ1) is 9.73. The minimum absolute atomic E-state index is 0.107. The van der Waals surface area contributed by atoms with Crippen molar-refractivity contribution in [1.29, 1.82) is 0 Å². The third kappa shape index (κ3) is 2.59. The van der Waals surface area contributed by atoms with E-state index in [2.05, 4.69) is 10.6 Å². The Kier molecular flexibility index (Phi) is 3.21. The van der Waals surface area contributed by atoms with Crippen LogP contribution in [-0.4, -0.2) is 44.5 Å². The van der Waals surface area contributed by atoms with Gasteiger partial charge in [0.25, 0.3) is 0 Å². The van der Waals surface area contributed by atoms with Gasteiger partial charge in [0.1, 0.15) is 6.10 Å². The minimum Gasteiger partial charge on any atom is -0.442 e. The Balaban J connectivity index is 1.63. The van der Waals surface area contributed by atoms with Crippen LogP contribution in [0.5, 0.6) is 0 Å². The van der Waals surface area contributed by atoms with Gasteiger partial charge >= 0.3 is 6.09 Å². The number of amides is 1. The molecule has 2 saturated heterocycles. The van der Waals surface area contributed by atoms with Crippen LogP contribution in [0.15, 0.2) is 0 Å². The van der Waals surface area contributed by atoms with Gasteiger partial charge < -0.3 is 20.1 Å². The molecule has 80 valence electrons. The van der Waals surface area contributed by atoms with E-state index in [0.717, 1.165) is 25.9 Å². The molecule has 2 heterocycles. The lowest BCUT2D eigenvalue weighted by atomic mass is 10.1. The number of nitrogens with one attached hydrogen (secondary N) is 2. The van der Waals surface area contributed by atoms with Crippen molar-refractivity contribution < 1.29 is 14.3 Å². The summed E-state index contributed by atoms with van der Waals surface area (Å²) in [6, 6.07) is 0. The largest absolute Gasteiger partial charge is 0.442 e. The molecular weight excluding hydrogens is 184 g/mol. The summed E-state index contributed by atoms with van der Waals surface area (Å²) >= 11 is 0. The molecule has 0 aromatic carbocycles. The standard InChI is InChI=1S/C9H16N2O3/c12-9-11-5-8(14-9)6-13-7-2-1-3-10-4-7/h7-8,10H,1-6H2,(H,11,12). The molecular formula is C9H16N2O3. The zero-order valence-electron chi connectivity index (χ0n) is 8.12. The molecule has 2 fully saturated rings. The molecule has 0 aromatic heterocycles. The molecule has 0 radical (unpaired) electrons. The molecule has 0 bridgehead atoms. The molecule has 2 aliphatic heterocycles. The van der Waals surface area contributed by atoms with Gasteiger partial charge in [0.2, 0.25) is 0 Å². The normalized spacial score (nSPS) is 32.4. The number of hydrogen-bond donors (Lipinski definition) is 2. The molecule has 0 aromatic rings. The van der Waals surface area contributed by atoms with Crippen LogP contribution in [-0.2, 0) is 9.47 Å². The number of cyclic esters (lactones) is 1. The molecule has 2 N–H and O–H groups in total. The van der Waals surface area contributed by atoms with E-state index in [1.807, 2.05) is 0 Å². The van der Waals surface area contributed by atoms with Gasteiger partial charge in [-0.2, -0.15) is 0 Å². The number of ether oxygens (including phenoxy) is 2. The van der Waals surface area contributed by atoms with E-state index in [1.54, 1.807) is 0 Å². The van der Waals surface area contributed by atoms with Gasteiger partial charge in [-0.05, 0) is 19.4 Å². The topological polar surface area (TPSA) is 59.6 Å². The summed E-state index contributed by atoms with van der Waals surface area (Å²) in [6.45, 7) is 3.07. The van der Waals surface area contributed by atoms with Crippen molar-refractivity contribution >= 4 is 6.09 Å². The summed E-state index contributed by atoms with van der Waals surface area (Å²) in [5, 5.41) is 5.87. The number of hydrogen-bond acceptors (Lipinski definition) is 4. The minimum atomic E-state index is -0.333. The Labute approximate surface area is 83.1 Å². The second kappa shape index (κ2) is 4.61. The van der Waals surface area contributed by atoms with E-state index in [4.69, 9.17) is 9.47 Å². The number of piperidine rings is 1. The van der Waals surface area contributed by atoms with Crippen LogP contribution in [0.25, 0.3) is 0 Å². The highest BCUT2D eigenvalue weighted by molar-refractivity contribution is 5.69. The van der Waals surface area contributed by atoms with Gasteiger partial charge in [0.05, 0.1) is 19.3 Å². The Morgan fingerprint density at radius 3 is 3.07 bits per heavy atom. The lowest BCUT2D eigenvalue weighted by Crippen LogP contribution is -2.37. The predicted octanol–water partition coefficient (Wildman–Crippen LogP) is -0.137. The summed E-state index contributed by atoms with van der Waals surface area (Å²) in [5.41, 5.74) is 0. The van der Waals surface area contributed by atoms with E-state index in [-0.39, 0.29) is 18.3 Å². The monoisotopic (exact) mass is 200 g/mol. The number of carbonyl (C=O) groups is 1. The Morgan fingerprint density at radius 1 is 1.50 bits per heavy atom. The Hall–Kier alpha value is -0.810. The molecule has 0 aliphatic carbocycles. The second-order valence-electron chi connectivity index (χ2n) is 3.71. The highest BCUT2D eigenvalue weighted by atomic mass is 16.6. The number of rotatable bonds is 3. The zero-order valence-corrected chi connectivity index (χ0v) is 8.12. The molecule has 2 rings (SSSR count). The van der Waals surface area contributed by atoms with E-state index < -0.39 is 0 Å². The lowest BCUT2D eigenvalue weighted by molar-refractivity contribution is -0.00941. The zero-order chi connectivity index (χ0) is 9.80. The van der Waals surface area contributed by atoms with Crippen LogP contribution in [0.4, 0.5) is 4.79 Å². The first-order valence-electron chi connectivity index (χ1n) is 5.11. The van der Waals surface area contributed by atoms with Crippen molar-refractivity contribution in [3.8, 4) is 0 Å². The van der Waals surface area contributed by atoms with Crippen molar-refractivity contribution in [2.24, 2.45) is 0 Å². The summed E-state index contributed by atoms with van der Waals surface area (Å²) in [5.74, 6) is 0. The summed E-state index contributed by atoms with van der Waals surface area (Å²) in [6.07, 6.45) is 2.10. The molecule has 2 atom stereocenters. The van der Waals surface area contributed by atoms with Crippen LogP contribution < -0.4 is 10.6 Å². The summed E-state index contributed by atoms with van der Waals surface area (Å²) in [7, 11) is 0. The maximum atomic E-state index is 10.7. The van der Waals surface area contributed by atoms with Gasteiger partial charge in [0.15, 0.2) is 0 Å². The molecule has 1 amide bonds. The van der Waals surface area contributed by atoms with Crippen LogP contribution in [0.3, 0.4) is 0 Å². The molecule has 0 saturated carbocycles. The third-order valence-corrected chi connectivity index (χ3v) is 2.52. The highest BCUT2D eigenvalue weighted by Gasteiger charge is 2.24.